The summed E-state index contributed by atoms with van der Waals surface area (Å²) in [6.45, 7) is 8.87. The molecule has 200 valence electrons. The first-order chi connectivity index (χ1) is 18.4. The van der Waals surface area contributed by atoms with Crippen molar-refractivity contribution in [1.29, 1.82) is 0 Å². The number of anilines is 1. The quantitative estimate of drug-likeness (QED) is 0.381. The van der Waals surface area contributed by atoms with E-state index in [2.05, 4.69) is 45.4 Å². The second-order valence-corrected chi connectivity index (χ2v) is 11.2. The van der Waals surface area contributed by atoms with E-state index in [1.54, 1.807) is 12.4 Å². The Bertz CT molecular complexity index is 1500. The summed E-state index contributed by atoms with van der Waals surface area (Å²) in [5, 5.41) is 4.39. The van der Waals surface area contributed by atoms with E-state index in [-0.39, 0.29) is 18.0 Å². The Morgan fingerprint density at radius 2 is 1.92 bits per heavy atom. The van der Waals surface area contributed by atoms with Crippen LogP contribution in [-0.2, 0) is 11.3 Å². The highest BCUT2D eigenvalue weighted by molar-refractivity contribution is 6.30. The van der Waals surface area contributed by atoms with Gasteiger partial charge < -0.3 is 14.2 Å². The van der Waals surface area contributed by atoms with Gasteiger partial charge in [-0.15, -0.1) is 0 Å². The van der Waals surface area contributed by atoms with Crippen LogP contribution in [0.3, 0.4) is 0 Å². The maximum absolute atomic E-state index is 11.7. The van der Waals surface area contributed by atoms with Crippen molar-refractivity contribution in [2.75, 3.05) is 18.1 Å². The SMILES string of the molecule is CC1CCC(Cn2c(N3CCOC(C)C3C)nc3cc(-c4noc(=O)[nH]4)nc(-c4cncc(Cl)c4)c32)CC1. The van der Waals surface area contributed by atoms with E-state index < -0.39 is 5.76 Å². The van der Waals surface area contributed by atoms with E-state index in [0.717, 1.165) is 41.6 Å². The van der Waals surface area contributed by atoms with Crippen molar-refractivity contribution < 1.29 is 9.26 Å². The summed E-state index contributed by atoms with van der Waals surface area (Å²) in [6.07, 6.45) is 8.29. The van der Waals surface area contributed by atoms with Gasteiger partial charge in [0.25, 0.3) is 0 Å². The number of morpholine rings is 1. The van der Waals surface area contributed by atoms with Crippen molar-refractivity contribution in [2.24, 2.45) is 11.8 Å². The normalized spacial score (nSPS) is 24.3. The van der Waals surface area contributed by atoms with Crippen molar-refractivity contribution in [3.05, 3.63) is 40.1 Å². The lowest BCUT2D eigenvalue weighted by Gasteiger charge is -2.39. The summed E-state index contributed by atoms with van der Waals surface area (Å²) in [5.74, 6) is 1.84. The molecule has 1 saturated carbocycles. The summed E-state index contributed by atoms with van der Waals surface area (Å²) >= 11 is 6.37. The first-order valence-electron chi connectivity index (χ1n) is 13.3. The van der Waals surface area contributed by atoms with Crippen LogP contribution in [0, 0.1) is 11.8 Å². The Morgan fingerprint density at radius 1 is 1.11 bits per heavy atom. The highest BCUT2D eigenvalue weighted by atomic mass is 35.5. The molecule has 1 aliphatic carbocycles. The average molecular weight is 538 g/mol. The fraction of sp³-hybridized carbons (Fsp3) is 0.519. The molecule has 38 heavy (non-hydrogen) atoms. The van der Waals surface area contributed by atoms with Crippen molar-refractivity contribution in [2.45, 2.75) is 65.1 Å². The van der Waals surface area contributed by atoms with Crippen LogP contribution in [0.2, 0.25) is 5.02 Å². The molecule has 0 bridgehead atoms. The number of halogens is 1. The number of aromatic amines is 1. The van der Waals surface area contributed by atoms with E-state index in [9.17, 15) is 4.79 Å². The maximum Gasteiger partial charge on any atom is 0.439 e. The van der Waals surface area contributed by atoms with Gasteiger partial charge >= 0.3 is 5.76 Å². The van der Waals surface area contributed by atoms with E-state index in [1.165, 1.54) is 25.7 Å². The molecule has 0 spiro atoms. The van der Waals surface area contributed by atoms with Gasteiger partial charge in [0.05, 0.1) is 40.5 Å². The van der Waals surface area contributed by atoms with E-state index >= 15 is 0 Å². The molecule has 1 N–H and O–H groups in total. The summed E-state index contributed by atoms with van der Waals surface area (Å²) in [6, 6.07) is 3.87. The number of rotatable bonds is 5. The number of nitrogens with zero attached hydrogens (tertiary/aromatic N) is 6. The number of hydrogen-bond acceptors (Lipinski definition) is 8. The molecular weight excluding hydrogens is 506 g/mol. The van der Waals surface area contributed by atoms with Gasteiger partial charge in [0.2, 0.25) is 11.8 Å². The van der Waals surface area contributed by atoms with Gasteiger partial charge in [0, 0.05) is 31.0 Å². The molecule has 0 aromatic carbocycles. The molecule has 2 atom stereocenters. The second-order valence-electron chi connectivity index (χ2n) is 10.7. The number of nitrogens with one attached hydrogen (secondary N) is 1. The Morgan fingerprint density at radius 3 is 2.66 bits per heavy atom. The number of fused-ring (bicyclic) bond motifs is 1. The standard InChI is InChI=1S/C27H32ClN7O3/c1-15-4-6-18(7-5-15)14-35-24-21(31-26(35)34-8-9-37-17(3)16(34)2)11-22(25-32-27(36)38-33-25)30-23(24)19-10-20(28)13-29-12-19/h10-13,15-18H,4-9,14H2,1-3H3,(H,32,33,36). The van der Waals surface area contributed by atoms with E-state index in [1.807, 2.05) is 12.1 Å². The van der Waals surface area contributed by atoms with Crippen molar-refractivity contribution in [1.82, 2.24) is 29.7 Å². The molecule has 11 heteroatoms. The highest BCUT2D eigenvalue weighted by Crippen LogP contribution is 2.38. The predicted molar refractivity (Wildman–Crippen MR) is 145 cm³/mol. The summed E-state index contributed by atoms with van der Waals surface area (Å²) in [5.41, 5.74) is 3.60. The molecule has 4 aromatic heterocycles. The number of H-pyrrole nitrogens is 1. The van der Waals surface area contributed by atoms with Crippen molar-refractivity contribution in [3.8, 4) is 22.8 Å². The van der Waals surface area contributed by atoms with Gasteiger partial charge in [-0.05, 0) is 50.7 Å². The zero-order chi connectivity index (χ0) is 26.4. The molecule has 1 saturated heterocycles. The number of ether oxygens (including phenoxy) is 1. The van der Waals surface area contributed by atoms with Crippen LogP contribution >= 0.6 is 11.6 Å². The van der Waals surface area contributed by atoms with Crippen LogP contribution in [0.25, 0.3) is 33.8 Å². The van der Waals surface area contributed by atoms with Gasteiger partial charge in [-0.2, -0.15) is 0 Å². The second kappa shape index (κ2) is 10.1. The summed E-state index contributed by atoms with van der Waals surface area (Å²) in [4.78, 5) is 31.2. The van der Waals surface area contributed by atoms with Crippen LogP contribution in [0.15, 0.2) is 33.8 Å². The number of hydrogen-bond donors (Lipinski definition) is 1. The first-order valence-corrected chi connectivity index (χ1v) is 13.7. The molecule has 2 unspecified atom stereocenters. The van der Waals surface area contributed by atoms with Gasteiger partial charge in [0.1, 0.15) is 5.69 Å². The predicted octanol–water partition coefficient (Wildman–Crippen LogP) is 4.93. The Labute approximate surface area is 225 Å². The van der Waals surface area contributed by atoms with Crippen LogP contribution in [0.5, 0.6) is 0 Å². The fourth-order valence-electron chi connectivity index (χ4n) is 5.73. The molecule has 0 radical (unpaired) electrons. The van der Waals surface area contributed by atoms with Crippen LogP contribution in [0.4, 0.5) is 5.95 Å². The monoisotopic (exact) mass is 537 g/mol. The first kappa shape index (κ1) is 25.1. The maximum atomic E-state index is 11.7. The Hall–Kier alpha value is -3.24. The molecule has 4 aromatic rings. The van der Waals surface area contributed by atoms with Crippen molar-refractivity contribution >= 4 is 28.6 Å². The zero-order valence-corrected chi connectivity index (χ0v) is 22.6. The molecule has 2 aliphatic rings. The number of aromatic nitrogens is 6. The Balaban J connectivity index is 1.58. The summed E-state index contributed by atoms with van der Waals surface area (Å²) < 4.78 is 13.0. The topological polar surface area (TPSA) is 115 Å². The molecular formula is C27H32ClN7O3. The van der Waals surface area contributed by atoms with Gasteiger partial charge in [-0.25, -0.2) is 14.8 Å². The summed E-state index contributed by atoms with van der Waals surface area (Å²) in [7, 11) is 0. The minimum absolute atomic E-state index is 0.0815. The molecule has 5 heterocycles. The van der Waals surface area contributed by atoms with E-state index in [4.69, 9.17) is 30.8 Å². The fourth-order valence-corrected chi connectivity index (χ4v) is 5.90. The molecule has 6 rings (SSSR count). The highest BCUT2D eigenvalue weighted by Gasteiger charge is 2.32. The minimum atomic E-state index is -0.637. The largest absolute Gasteiger partial charge is 0.439 e. The van der Waals surface area contributed by atoms with Gasteiger partial charge in [0.15, 0.2) is 0 Å². The number of pyridine rings is 2. The lowest BCUT2D eigenvalue weighted by molar-refractivity contribution is 0.0274. The molecule has 0 amide bonds. The smallest absolute Gasteiger partial charge is 0.375 e. The third kappa shape index (κ3) is 4.71. The zero-order valence-electron chi connectivity index (χ0n) is 21.9. The lowest BCUT2D eigenvalue weighted by Crippen LogP contribution is -2.49. The van der Waals surface area contributed by atoms with Crippen molar-refractivity contribution in [3.63, 3.8) is 0 Å². The molecule has 10 nitrogen and oxygen atoms in total. The van der Waals surface area contributed by atoms with Crippen LogP contribution in [0.1, 0.15) is 46.5 Å². The average Bonchev–Trinajstić information content (AvgIpc) is 3.50. The van der Waals surface area contributed by atoms with Gasteiger partial charge in [-0.1, -0.05) is 36.5 Å². The van der Waals surface area contributed by atoms with E-state index in [0.29, 0.717) is 28.9 Å². The molecule has 1 aliphatic heterocycles. The van der Waals surface area contributed by atoms with Crippen LogP contribution in [-0.4, -0.2) is 55.0 Å². The Kier molecular flexibility index (Phi) is 6.69. The lowest BCUT2D eigenvalue weighted by atomic mass is 9.83. The third-order valence-corrected chi connectivity index (χ3v) is 8.29. The number of imidazole rings is 1. The minimum Gasteiger partial charge on any atom is -0.375 e. The van der Waals surface area contributed by atoms with Gasteiger partial charge in [-0.3, -0.25) is 14.5 Å². The molecule has 2 fully saturated rings. The third-order valence-electron chi connectivity index (χ3n) is 8.08. The van der Waals surface area contributed by atoms with Crippen LogP contribution < -0.4 is 10.7 Å².